The van der Waals surface area contributed by atoms with Crippen LogP contribution in [0.4, 0.5) is 0 Å². The largest absolute Gasteiger partial charge is 0.326 e. The SMILES string of the molecule is CCN(CC)C(C)(C)C(N)CCCS(C)(=O)=O. The van der Waals surface area contributed by atoms with Crippen LogP contribution in [0.25, 0.3) is 0 Å². The quantitative estimate of drug-likeness (QED) is 0.717. The van der Waals surface area contributed by atoms with Crippen molar-refractivity contribution in [1.82, 2.24) is 4.90 Å². The van der Waals surface area contributed by atoms with Crippen LogP contribution in [0.1, 0.15) is 40.5 Å². The predicted octanol–water partition coefficient (Wildman–Crippen LogP) is 1.26. The van der Waals surface area contributed by atoms with Crippen molar-refractivity contribution in [2.45, 2.75) is 52.1 Å². The Kier molecular flexibility index (Phi) is 6.66. The highest BCUT2D eigenvalue weighted by Crippen LogP contribution is 2.20. The number of nitrogens with two attached hydrogens (primary N) is 1. The van der Waals surface area contributed by atoms with Crippen molar-refractivity contribution in [2.75, 3.05) is 25.1 Å². The van der Waals surface area contributed by atoms with Crippen LogP contribution >= 0.6 is 0 Å². The molecule has 0 aliphatic heterocycles. The minimum absolute atomic E-state index is 0.00384. The molecule has 0 saturated heterocycles. The molecule has 0 aromatic rings. The van der Waals surface area contributed by atoms with Gasteiger partial charge in [-0.15, -0.1) is 0 Å². The predicted molar refractivity (Wildman–Crippen MR) is 73.9 cm³/mol. The molecule has 0 bridgehead atoms. The third kappa shape index (κ3) is 5.84. The van der Waals surface area contributed by atoms with Gasteiger partial charge < -0.3 is 5.73 Å². The third-order valence-corrected chi connectivity index (χ3v) is 4.55. The molecule has 4 nitrogen and oxygen atoms in total. The summed E-state index contributed by atoms with van der Waals surface area (Å²) in [6.45, 7) is 10.4. The van der Waals surface area contributed by atoms with E-state index in [4.69, 9.17) is 5.73 Å². The Morgan fingerprint density at radius 1 is 1.24 bits per heavy atom. The minimum atomic E-state index is -2.87. The lowest BCUT2D eigenvalue weighted by Crippen LogP contribution is -2.56. The van der Waals surface area contributed by atoms with E-state index in [1.54, 1.807) is 0 Å². The molecule has 0 saturated carbocycles. The second-order valence-corrected chi connectivity index (χ2v) is 7.46. The van der Waals surface area contributed by atoms with Crippen LogP contribution in [-0.2, 0) is 9.84 Å². The molecule has 0 aromatic carbocycles. The molecule has 17 heavy (non-hydrogen) atoms. The van der Waals surface area contributed by atoms with Gasteiger partial charge in [-0.2, -0.15) is 0 Å². The van der Waals surface area contributed by atoms with Gasteiger partial charge in [0.25, 0.3) is 0 Å². The summed E-state index contributed by atoms with van der Waals surface area (Å²) in [6.07, 6.45) is 2.66. The van der Waals surface area contributed by atoms with E-state index in [0.717, 1.165) is 19.5 Å². The Labute approximate surface area is 106 Å². The smallest absolute Gasteiger partial charge is 0.147 e. The lowest BCUT2D eigenvalue weighted by atomic mass is 9.90. The molecule has 0 aliphatic rings. The number of likely N-dealkylation sites (N-methyl/N-ethyl adjacent to an activating group) is 1. The van der Waals surface area contributed by atoms with Gasteiger partial charge in [-0.05, 0) is 39.8 Å². The fourth-order valence-electron chi connectivity index (χ4n) is 2.19. The van der Waals surface area contributed by atoms with Crippen LogP contribution in [0.5, 0.6) is 0 Å². The van der Waals surface area contributed by atoms with Gasteiger partial charge in [-0.1, -0.05) is 13.8 Å². The molecular formula is C12H28N2O2S. The lowest BCUT2D eigenvalue weighted by molar-refractivity contribution is 0.103. The molecule has 104 valence electrons. The van der Waals surface area contributed by atoms with Crippen molar-refractivity contribution in [3.05, 3.63) is 0 Å². The van der Waals surface area contributed by atoms with Crippen LogP contribution in [0.3, 0.4) is 0 Å². The van der Waals surface area contributed by atoms with Crippen LogP contribution < -0.4 is 5.73 Å². The Morgan fingerprint density at radius 2 is 1.71 bits per heavy atom. The molecule has 0 amide bonds. The molecule has 0 radical (unpaired) electrons. The Balaban J connectivity index is 4.33. The number of hydrogen-bond acceptors (Lipinski definition) is 4. The molecule has 2 N–H and O–H groups in total. The zero-order valence-corrected chi connectivity index (χ0v) is 12.7. The Bertz CT molecular complexity index is 308. The second-order valence-electron chi connectivity index (χ2n) is 5.20. The highest BCUT2D eigenvalue weighted by atomic mass is 32.2. The third-order valence-electron chi connectivity index (χ3n) is 3.52. The number of sulfone groups is 1. The van der Waals surface area contributed by atoms with Crippen molar-refractivity contribution in [3.63, 3.8) is 0 Å². The van der Waals surface area contributed by atoms with Crippen LogP contribution in [0.2, 0.25) is 0 Å². The Morgan fingerprint density at radius 3 is 2.06 bits per heavy atom. The first-order chi connectivity index (χ1) is 7.65. The molecular weight excluding hydrogens is 236 g/mol. The topological polar surface area (TPSA) is 63.4 Å². The lowest BCUT2D eigenvalue weighted by Gasteiger charge is -2.42. The van der Waals surface area contributed by atoms with Gasteiger partial charge in [0.05, 0.1) is 0 Å². The number of nitrogens with zero attached hydrogens (tertiary/aromatic N) is 1. The van der Waals surface area contributed by atoms with Gasteiger partial charge in [-0.25, -0.2) is 8.42 Å². The molecule has 0 rings (SSSR count). The summed E-state index contributed by atoms with van der Waals surface area (Å²) in [5, 5.41) is 0. The van der Waals surface area contributed by atoms with Gasteiger partial charge in [0, 0.05) is 23.6 Å². The van der Waals surface area contributed by atoms with Gasteiger partial charge in [0.1, 0.15) is 9.84 Å². The molecule has 0 aromatic heterocycles. The zero-order chi connectivity index (χ0) is 13.7. The number of hydrogen-bond donors (Lipinski definition) is 1. The molecule has 0 spiro atoms. The number of rotatable bonds is 8. The maximum absolute atomic E-state index is 11.1. The van der Waals surface area contributed by atoms with E-state index in [1.807, 2.05) is 0 Å². The highest BCUT2D eigenvalue weighted by molar-refractivity contribution is 7.90. The van der Waals surface area contributed by atoms with Gasteiger partial charge in [-0.3, -0.25) is 4.90 Å². The molecule has 1 unspecified atom stereocenters. The first-order valence-corrected chi connectivity index (χ1v) is 8.39. The summed E-state index contributed by atoms with van der Waals surface area (Å²) in [4.78, 5) is 2.32. The van der Waals surface area contributed by atoms with E-state index < -0.39 is 9.84 Å². The fraction of sp³-hybridized carbons (Fsp3) is 1.00. The summed E-state index contributed by atoms with van der Waals surface area (Å²) in [6, 6.07) is 0.00384. The van der Waals surface area contributed by atoms with Crippen LogP contribution in [-0.4, -0.2) is 50.0 Å². The van der Waals surface area contributed by atoms with E-state index in [2.05, 4.69) is 32.6 Å². The maximum Gasteiger partial charge on any atom is 0.147 e. The fourth-order valence-corrected chi connectivity index (χ4v) is 2.88. The average Bonchev–Trinajstić information content (AvgIpc) is 2.16. The van der Waals surface area contributed by atoms with Crippen molar-refractivity contribution in [3.8, 4) is 0 Å². The molecule has 0 heterocycles. The normalized spacial score (nSPS) is 15.2. The van der Waals surface area contributed by atoms with Crippen LogP contribution in [0, 0.1) is 0 Å². The van der Waals surface area contributed by atoms with Crippen molar-refractivity contribution < 1.29 is 8.42 Å². The molecule has 0 fully saturated rings. The minimum Gasteiger partial charge on any atom is -0.326 e. The Hall–Kier alpha value is -0.130. The van der Waals surface area contributed by atoms with Crippen molar-refractivity contribution >= 4 is 9.84 Å². The van der Waals surface area contributed by atoms with Crippen molar-refractivity contribution in [2.24, 2.45) is 5.73 Å². The summed E-state index contributed by atoms with van der Waals surface area (Å²) in [7, 11) is -2.87. The van der Waals surface area contributed by atoms with Gasteiger partial charge in [0.2, 0.25) is 0 Å². The average molecular weight is 264 g/mol. The zero-order valence-electron chi connectivity index (χ0n) is 11.9. The van der Waals surface area contributed by atoms with Crippen LogP contribution in [0.15, 0.2) is 0 Å². The maximum atomic E-state index is 11.1. The van der Waals surface area contributed by atoms with E-state index in [0.29, 0.717) is 6.42 Å². The highest BCUT2D eigenvalue weighted by Gasteiger charge is 2.30. The van der Waals surface area contributed by atoms with E-state index >= 15 is 0 Å². The first-order valence-electron chi connectivity index (χ1n) is 6.33. The molecule has 0 aliphatic carbocycles. The second kappa shape index (κ2) is 6.71. The summed E-state index contributed by atoms with van der Waals surface area (Å²) in [5.74, 6) is 0.231. The van der Waals surface area contributed by atoms with E-state index in [1.165, 1.54) is 6.26 Å². The monoisotopic (exact) mass is 264 g/mol. The summed E-state index contributed by atoms with van der Waals surface area (Å²) in [5.41, 5.74) is 6.11. The first kappa shape index (κ1) is 16.9. The van der Waals surface area contributed by atoms with Gasteiger partial charge in [0.15, 0.2) is 0 Å². The summed E-state index contributed by atoms with van der Waals surface area (Å²) >= 11 is 0. The van der Waals surface area contributed by atoms with E-state index in [9.17, 15) is 8.42 Å². The standard InChI is InChI=1S/C12H28N2O2S/c1-6-14(7-2)12(3,4)11(13)9-8-10-17(5,15)16/h11H,6-10,13H2,1-5H3. The van der Waals surface area contributed by atoms with E-state index in [-0.39, 0.29) is 17.3 Å². The molecule has 5 heteroatoms. The van der Waals surface area contributed by atoms with Crippen molar-refractivity contribution in [1.29, 1.82) is 0 Å². The van der Waals surface area contributed by atoms with Gasteiger partial charge >= 0.3 is 0 Å². The summed E-state index contributed by atoms with van der Waals surface area (Å²) < 4.78 is 22.1. The molecule has 1 atom stereocenters.